The molecule has 2 amide bonds. The highest BCUT2D eigenvalue weighted by atomic mass is 79.9. The smallest absolute Gasteiger partial charge is 0.264 e. The molecule has 0 spiro atoms. The number of hydrogen-bond acceptors (Lipinski definition) is 5. The van der Waals surface area contributed by atoms with Gasteiger partial charge in [-0.05, 0) is 87.0 Å². The maximum Gasteiger partial charge on any atom is 0.264 e. The van der Waals surface area contributed by atoms with Crippen LogP contribution in [0.2, 0.25) is 5.02 Å². The van der Waals surface area contributed by atoms with Crippen LogP contribution in [0.5, 0.6) is 5.75 Å². The monoisotopic (exact) mass is 635 g/mol. The summed E-state index contributed by atoms with van der Waals surface area (Å²) in [6, 6.07) is 18.7. The maximum absolute atomic E-state index is 13.8. The lowest BCUT2D eigenvalue weighted by Crippen LogP contribution is -2.51. The molecule has 11 heteroatoms. The summed E-state index contributed by atoms with van der Waals surface area (Å²) in [6.45, 7) is 5.69. The van der Waals surface area contributed by atoms with Gasteiger partial charge in [0.05, 0.1) is 17.2 Å². The van der Waals surface area contributed by atoms with Crippen LogP contribution in [0.3, 0.4) is 0 Å². The molecule has 0 fully saturated rings. The number of sulfonamides is 1. The van der Waals surface area contributed by atoms with Gasteiger partial charge in [0.1, 0.15) is 18.3 Å². The van der Waals surface area contributed by atoms with E-state index in [2.05, 4.69) is 21.2 Å². The summed E-state index contributed by atoms with van der Waals surface area (Å²) in [4.78, 5) is 28.0. The molecule has 0 bridgehead atoms. The molecule has 1 N–H and O–H groups in total. The fourth-order valence-electron chi connectivity index (χ4n) is 3.83. The Morgan fingerprint density at radius 1 is 0.974 bits per heavy atom. The van der Waals surface area contributed by atoms with Crippen LogP contribution in [-0.2, 0) is 26.2 Å². The summed E-state index contributed by atoms with van der Waals surface area (Å²) in [7, 11) is -4.18. The SMILES string of the molecule is CCNC(=O)[C@H](C)N(Cc1ccc(Br)cc1)C(=O)CN(c1ccc(OCC)cc1)S(=O)(=O)c1ccc(Cl)cc1. The number of likely N-dealkylation sites (N-methyl/N-ethyl adjacent to an activating group) is 1. The van der Waals surface area contributed by atoms with E-state index in [9.17, 15) is 18.0 Å². The number of carbonyl (C=O) groups excluding carboxylic acids is 2. The number of anilines is 1. The summed E-state index contributed by atoms with van der Waals surface area (Å²) in [5, 5.41) is 3.12. The van der Waals surface area contributed by atoms with Crippen LogP contribution in [0, 0.1) is 0 Å². The maximum atomic E-state index is 13.8. The Bertz CT molecular complexity index is 1370. The van der Waals surface area contributed by atoms with Crippen LogP contribution in [0.15, 0.2) is 82.2 Å². The van der Waals surface area contributed by atoms with E-state index in [1.165, 1.54) is 29.2 Å². The quantitative estimate of drug-likeness (QED) is 0.293. The summed E-state index contributed by atoms with van der Waals surface area (Å²) in [5.74, 6) is -0.308. The standard InChI is InChI=1S/C28H31BrClN3O5S/c1-4-31-28(35)20(3)32(18-21-6-8-22(29)9-7-21)27(34)19-33(24-12-14-25(15-13-24)38-5-2)39(36,37)26-16-10-23(30)11-17-26/h6-17,20H,4-5,18-19H2,1-3H3,(H,31,35)/t20-/m0/s1. The van der Waals surface area contributed by atoms with Gasteiger partial charge >= 0.3 is 0 Å². The molecule has 0 unspecified atom stereocenters. The zero-order chi connectivity index (χ0) is 28.6. The van der Waals surface area contributed by atoms with Crippen molar-refractivity contribution in [1.82, 2.24) is 10.2 Å². The van der Waals surface area contributed by atoms with E-state index in [0.717, 1.165) is 14.3 Å². The zero-order valence-electron chi connectivity index (χ0n) is 21.9. The first-order valence-electron chi connectivity index (χ1n) is 12.4. The fourth-order valence-corrected chi connectivity index (χ4v) is 5.63. The van der Waals surface area contributed by atoms with Gasteiger partial charge in [-0.3, -0.25) is 13.9 Å². The fraction of sp³-hybridized carbons (Fsp3) is 0.286. The number of rotatable bonds is 12. The van der Waals surface area contributed by atoms with Gasteiger partial charge in [-0.1, -0.05) is 39.7 Å². The van der Waals surface area contributed by atoms with Crippen molar-refractivity contribution in [3.05, 3.63) is 87.9 Å². The molecule has 39 heavy (non-hydrogen) atoms. The van der Waals surface area contributed by atoms with Crippen molar-refractivity contribution >= 4 is 55.1 Å². The third-order valence-electron chi connectivity index (χ3n) is 5.90. The summed E-state index contributed by atoms with van der Waals surface area (Å²) in [6.07, 6.45) is 0. The molecule has 1 atom stereocenters. The summed E-state index contributed by atoms with van der Waals surface area (Å²) < 4.78 is 35.0. The van der Waals surface area contributed by atoms with E-state index >= 15 is 0 Å². The van der Waals surface area contributed by atoms with Crippen LogP contribution in [0.25, 0.3) is 0 Å². The van der Waals surface area contributed by atoms with Crippen molar-refractivity contribution in [1.29, 1.82) is 0 Å². The van der Waals surface area contributed by atoms with Gasteiger partial charge < -0.3 is 15.0 Å². The molecule has 0 radical (unpaired) electrons. The number of amides is 2. The van der Waals surface area contributed by atoms with E-state index in [0.29, 0.717) is 23.9 Å². The Morgan fingerprint density at radius 3 is 2.15 bits per heavy atom. The molecule has 0 aliphatic rings. The van der Waals surface area contributed by atoms with Gasteiger partial charge in [0, 0.05) is 22.6 Å². The van der Waals surface area contributed by atoms with Gasteiger partial charge in [0.2, 0.25) is 11.8 Å². The van der Waals surface area contributed by atoms with Crippen LogP contribution in [-0.4, -0.2) is 50.9 Å². The van der Waals surface area contributed by atoms with Crippen LogP contribution in [0.1, 0.15) is 26.3 Å². The van der Waals surface area contributed by atoms with Crippen molar-refractivity contribution in [2.24, 2.45) is 0 Å². The molecular weight excluding hydrogens is 606 g/mol. The Kier molecular flexibility index (Phi) is 10.8. The third-order valence-corrected chi connectivity index (χ3v) is 8.47. The first kappa shape index (κ1) is 30.5. The molecule has 0 saturated heterocycles. The van der Waals surface area contributed by atoms with Gasteiger partial charge in [0.25, 0.3) is 10.0 Å². The average molecular weight is 637 g/mol. The minimum Gasteiger partial charge on any atom is -0.494 e. The molecule has 208 valence electrons. The number of benzene rings is 3. The molecule has 0 heterocycles. The summed E-state index contributed by atoms with van der Waals surface area (Å²) >= 11 is 9.38. The molecule has 0 aliphatic heterocycles. The topological polar surface area (TPSA) is 96.0 Å². The number of hydrogen-bond donors (Lipinski definition) is 1. The Labute approximate surface area is 243 Å². The van der Waals surface area contributed by atoms with E-state index in [4.69, 9.17) is 16.3 Å². The van der Waals surface area contributed by atoms with Crippen LogP contribution < -0.4 is 14.4 Å². The van der Waals surface area contributed by atoms with Crippen molar-refractivity contribution in [2.75, 3.05) is 24.0 Å². The molecule has 0 aliphatic carbocycles. The molecule has 3 rings (SSSR count). The highest BCUT2D eigenvalue weighted by Gasteiger charge is 2.32. The van der Waals surface area contributed by atoms with Gasteiger partial charge in [-0.15, -0.1) is 0 Å². The normalized spacial score (nSPS) is 11.9. The van der Waals surface area contributed by atoms with Crippen molar-refractivity contribution in [3.63, 3.8) is 0 Å². The zero-order valence-corrected chi connectivity index (χ0v) is 25.1. The largest absolute Gasteiger partial charge is 0.494 e. The highest BCUT2D eigenvalue weighted by molar-refractivity contribution is 9.10. The van der Waals surface area contributed by atoms with Gasteiger partial charge in [0.15, 0.2) is 0 Å². The van der Waals surface area contributed by atoms with E-state index < -0.39 is 28.5 Å². The average Bonchev–Trinajstić information content (AvgIpc) is 2.92. The van der Waals surface area contributed by atoms with Crippen molar-refractivity contribution in [3.8, 4) is 5.75 Å². The Hall–Kier alpha value is -3.08. The molecule has 0 saturated carbocycles. The first-order valence-corrected chi connectivity index (χ1v) is 15.0. The molecule has 3 aromatic rings. The second-order valence-electron chi connectivity index (χ2n) is 8.61. The summed E-state index contributed by atoms with van der Waals surface area (Å²) in [5.41, 5.74) is 1.06. The predicted molar refractivity (Wildman–Crippen MR) is 156 cm³/mol. The first-order chi connectivity index (χ1) is 18.6. The lowest BCUT2D eigenvalue weighted by Gasteiger charge is -2.32. The third kappa shape index (κ3) is 7.97. The molecule has 8 nitrogen and oxygen atoms in total. The lowest BCUT2D eigenvalue weighted by atomic mass is 10.1. The number of nitrogens with one attached hydrogen (secondary N) is 1. The number of ether oxygens (including phenoxy) is 1. The second kappa shape index (κ2) is 13.8. The van der Waals surface area contributed by atoms with Crippen LogP contribution in [0.4, 0.5) is 5.69 Å². The molecular formula is C28H31BrClN3O5S. The minimum absolute atomic E-state index is 0.0233. The van der Waals surface area contributed by atoms with Crippen LogP contribution >= 0.6 is 27.5 Å². The van der Waals surface area contributed by atoms with Crippen molar-refractivity contribution < 1.29 is 22.7 Å². The highest BCUT2D eigenvalue weighted by Crippen LogP contribution is 2.27. The Morgan fingerprint density at radius 2 is 1.59 bits per heavy atom. The number of halogens is 2. The van der Waals surface area contributed by atoms with Gasteiger partial charge in [-0.25, -0.2) is 8.42 Å². The number of nitrogens with zero attached hydrogens (tertiary/aromatic N) is 2. The van der Waals surface area contributed by atoms with Gasteiger partial charge in [-0.2, -0.15) is 0 Å². The molecule has 0 aromatic heterocycles. The second-order valence-corrected chi connectivity index (χ2v) is 11.8. The minimum atomic E-state index is -4.18. The van der Waals surface area contributed by atoms with E-state index in [1.807, 2.05) is 31.2 Å². The lowest BCUT2D eigenvalue weighted by molar-refractivity contribution is -0.139. The van der Waals surface area contributed by atoms with E-state index in [-0.39, 0.29) is 23.0 Å². The Balaban J connectivity index is 2.02. The predicted octanol–water partition coefficient (Wildman–Crippen LogP) is 5.25. The van der Waals surface area contributed by atoms with Crippen molar-refractivity contribution in [2.45, 2.75) is 38.3 Å². The molecule has 3 aromatic carbocycles. The van der Waals surface area contributed by atoms with E-state index in [1.54, 1.807) is 38.1 Å². The number of carbonyl (C=O) groups is 2.